The molecule has 0 amide bonds. The molecule has 1 aliphatic heterocycles. The van der Waals surface area contributed by atoms with E-state index in [-0.39, 0.29) is 5.78 Å². The summed E-state index contributed by atoms with van der Waals surface area (Å²) in [6.07, 6.45) is 12.4. The third-order valence-corrected chi connectivity index (χ3v) is 5.85. The van der Waals surface area contributed by atoms with Gasteiger partial charge in [0.05, 0.1) is 6.54 Å². The van der Waals surface area contributed by atoms with Gasteiger partial charge in [-0.3, -0.25) is 9.69 Å². The molecule has 1 heterocycles. The minimum absolute atomic E-state index is 0.228. The highest BCUT2D eigenvalue weighted by Gasteiger charge is 2.16. The van der Waals surface area contributed by atoms with Gasteiger partial charge in [0.25, 0.3) is 0 Å². The van der Waals surface area contributed by atoms with Gasteiger partial charge >= 0.3 is 0 Å². The quantitative estimate of drug-likeness (QED) is 0.287. The van der Waals surface area contributed by atoms with Crippen LogP contribution in [0.3, 0.4) is 0 Å². The number of benzene rings is 1. The predicted octanol–water partition coefficient (Wildman–Crippen LogP) is 9.17. The van der Waals surface area contributed by atoms with Crippen molar-refractivity contribution in [1.29, 1.82) is 0 Å². The van der Waals surface area contributed by atoms with Gasteiger partial charge in [0.1, 0.15) is 0 Å². The number of hydrogen-bond donors (Lipinski definition) is 0. The average molecular weight is 456 g/mol. The Labute approximate surface area is 206 Å². The van der Waals surface area contributed by atoms with Crippen molar-refractivity contribution in [1.82, 2.24) is 4.90 Å². The largest absolute Gasteiger partial charge is 0.293 e. The fourth-order valence-electron chi connectivity index (χ4n) is 3.70. The van der Waals surface area contributed by atoms with Crippen LogP contribution in [0.25, 0.3) is 6.08 Å². The summed E-state index contributed by atoms with van der Waals surface area (Å²) in [5, 5.41) is 0. The molecule has 0 aromatic heterocycles. The molecule has 1 aromatic rings. The lowest BCUT2D eigenvalue weighted by molar-refractivity contribution is 0.0935. The van der Waals surface area contributed by atoms with Gasteiger partial charge in [-0.25, -0.2) is 0 Å². The van der Waals surface area contributed by atoms with Crippen molar-refractivity contribution in [3.8, 4) is 0 Å². The number of nitrogens with zero attached hydrogens (tertiary/aromatic N) is 1. The van der Waals surface area contributed by atoms with E-state index in [2.05, 4.69) is 83.9 Å². The number of aryl methyl sites for hydroxylation is 1. The number of rotatable bonds is 8. The van der Waals surface area contributed by atoms with E-state index >= 15 is 0 Å². The molecule has 0 bridgehead atoms. The molecule has 0 saturated carbocycles. The van der Waals surface area contributed by atoms with Crippen molar-refractivity contribution in [3.63, 3.8) is 0 Å². The maximum Gasteiger partial charge on any atom is 0.176 e. The van der Waals surface area contributed by atoms with E-state index in [9.17, 15) is 4.79 Å². The molecule has 0 N–H and O–H groups in total. The van der Waals surface area contributed by atoms with Crippen molar-refractivity contribution in [2.45, 2.75) is 94.4 Å². The lowest BCUT2D eigenvalue weighted by Crippen LogP contribution is -2.34. The summed E-state index contributed by atoms with van der Waals surface area (Å²) in [6.45, 7) is 27.9. The summed E-state index contributed by atoms with van der Waals surface area (Å²) < 4.78 is 0. The molecule has 1 aliphatic rings. The Morgan fingerprint density at radius 2 is 1.79 bits per heavy atom. The van der Waals surface area contributed by atoms with Crippen LogP contribution in [0.5, 0.6) is 0 Å². The summed E-state index contributed by atoms with van der Waals surface area (Å²) in [7, 11) is 0. The van der Waals surface area contributed by atoms with E-state index in [1.165, 1.54) is 36.0 Å². The van der Waals surface area contributed by atoms with E-state index in [4.69, 9.17) is 0 Å². The highest BCUT2D eigenvalue weighted by molar-refractivity contribution is 5.98. The molecule has 0 atom stereocenters. The number of hydrogen-bond acceptors (Lipinski definition) is 2. The monoisotopic (exact) mass is 455 g/mol. The Balaban J connectivity index is 0. The smallest absolute Gasteiger partial charge is 0.176 e. The fraction of sp³-hybridized carbons (Fsp3) is 0.581. The average Bonchev–Trinajstić information content (AvgIpc) is 2.82. The second-order valence-electron chi connectivity index (χ2n) is 9.01. The topological polar surface area (TPSA) is 20.3 Å². The molecule has 2 heteroatoms. The molecule has 0 saturated heterocycles. The van der Waals surface area contributed by atoms with E-state index in [0.29, 0.717) is 12.0 Å². The Kier molecular flexibility index (Phi) is 19.7. The summed E-state index contributed by atoms with van der Waals surface area (Å²) in [5.74, 6) is 0.228. The van der Waals surface area contributed by atoms with Crippen LogP contribution in [0.1, 0.15) is 109 Å². The van der Waals surface area contributed by atoms with Gasteiger partial charge < -0.3 is 0 Å². The maximum atomic E-state index is 12.5. The van der Waals surface area contributed by atoms with Crippen molar-refractivity contribution in [2.24, 2.45) is 5.41 Å². The molecule has 188 valence electrons. The first-order chi connectivity index (χ1) is 15.8. The second-order valence-corrected chi connectivity index (χ2v) is 9.01. The van der Waals surface area contributed by atoms with Crippen molar-refractivity contribution in [3.05, 3.63) is 65.8 Å². The normalized spacial score (nSPS) is 13.5. The van der Waals surface area contributed by atoms with Crippen LogP contribution < -0.4 is 0 Å². The van der Waals surface area contributed by atoms with E-state index in [0.717, 1.165) is 31.5 Å². The number of allylic oxidation sites excluding steroid dienone is 1. The standard InChI is InChI=1S/C19H25NO.C8H18.C2H6.C2H4/c1-4-7-17-9-10-18(12-16(17)5-2)19(21)14-20-11-6-8-15(3)13-20;1-5-7-8(3,4)6-2;2*1-2/h4,7-10,12H,5-6,11,13-14H2,1-3H3;5-7H2,1-4H3;1-2H3;1-2H2/b7-4-;;;. The zero-order chi connectivity index (χ0) is 25.9. The molecular weight excluding hydrogens is 402 g/mol. The van der Waals surface area contributed by atoms with Gasteiger partial charge in [0.2, 0.25) is 0 Å². The van der Waals surface area contributed by atoms with Crippen molar-refractivity contribution in [2.75, 3.05) is 19.6 Å². The highest BCUT2D eigenvalue weighted by Crippen LogP contribution is 2.25. The first kappa shape index (κ1) is 33.2. The number of carbonyl (C=O) groups is 1. The molecule has 0 aliphatic carbocycles. The zero-order valence-corrected chi connectivity index (χ0v) is 23.4. The van der Waals surface area contributed by atoms with Crippen LogP contribution in [-0.2, 0) is 6.42 Å². The first-order valence-electron chi connectivity index (χ1n) is 12.9. The fourth-order valence-corrected chi connectivity index (χ4v) is 3.70. The molecular formula is C31H53NO. The summed E-state index contributed by atoms with van der Waals surface area (Å²) in [6, 6.07) is 6.08. The van der Waals surface area contributed by atoms with E-state index in [1.807, 2.05) is 32.9 Å². The van der Waals surface area contributed by atoms with E-state index in [1.54, 1.807) is 0 Å². The molecule has 0 unspecified atom stereocenters. The Morgan fingerprint density at radius 1 is 1.15 bits per heavy atom. The summed E-state index contributed by atoms with van der Waals surface area (Å²) >= 11 is 0. The summed E-state index contributed by atoms with van der Waals surface area (Å²) in [4.78, 5) is 14.7. The Morgan fingerprint density at radius 3 is 2.24 bits per heavy atom. The summed E-state index contributed by atoms with van der Waals surface area (Å²) in [5.41, 5.74) is 5.26. The van der Waals surface area contributed by atoms with Crippen LogP contribution in [-0.4, -0.2) is 30.3 Å². The molecule has 0 radical (unpaired) electrons. The van der Waals surface area contributed by atoms with Crippen molar-refractivity contribution >= 4 is 11.9 Å². The van der Waals surface area contributed by atoms with Gasteiger partial charge in [0, 0.05) is 18.7 Å². The van der Waals surface area contributed by atoms with Gasteiger partial charge in [0.15, 0.2) is 5.78 Å². The molecule has 0 fully saturated rings. The lowest BCUT2D eigenvalue weighted by Gasteiger charge is -2.25. The van der Waals surface area contributed by atoms with Crippen LogP contribution in [0.4, 0.5) is 0 Å². The van der Waals surface area contributed by atoms with Crippen LogP contribution in [0.15, 0.2) is 49.1 Å². The minimum atomic E-state index is 0.228. The third-order valence-electron chi connectivity index (χ3n) is 5.85. The number of Topliss-reactive ketones (excluding diaryl/α,β-unsaturated/α-hetero) is 1. The van der Waals surface area contributed by atoms with E-state index < -0.39 is 0 Å². The Bertz CT molecular complexity index is 712. The lowest BCUT2D eigenvalue weighted by atomic mass is 9.86. The molecule has 33 heavy (non-hydrogen) atoms. The van der Waals surface area contributed by atoms with Gasteiger partial charge in [-0.15, -0.1) is 13.2 Å². The first-order valence-corrected chi connectivity index (χ1v) is 12.9. The minimum Gasteiger partial charge on any atom is -0.293 e. The maximum absolute atomic E-state index is 12.5. The van der Waals surface area contributed by atoms with Crippen molar-refractivity contribution < 1.29 is 4.79 Å². The molecule has 1 aromatic carbocycles. The number of ketones is 1. The number of carbonyl (C=O) groups excluding carboxylic acids is 1. The molecule has 2 rings (SSSR count). The van der Waals surface area contributed by atoms with Crippen LogP contribution in [0, 0.1) is 5.41 Å². The Hall–Kier alpha value is -1.93. The SMILES string of the molecule is C/C=C\c1ccc(C(=O)CN2CCC=C(C)C2)cc1CC.C=C.CC.CCCC(C)(C)CC. The third kappa shape index (κ3) is 14.0. The van der Waals surface area contributed by atoms with Gasteiger partial charge in [-0.05, 0) is 55.7 Å². The predicted molar refractivity (Wildman–Crippen MR) is 151 cm³/mol. The second kappa shape index (κ2) is 19.5. The van der Waals surface area contributed by atoms with Gasteiger partial charge in [-0.1, -0.05) is 97.2 Å². The van der Waals surface area contributed by atoms with Crippen LogP contribution >= 0.6 is 0 Å². The molecule has 0 spiro atoms. The molecule has 2 nitrogen and oxygen atoms in total. The highest BCUT2D eigenvalue weighted by atomic mass is 16.1. The van der Waals surface area contributed by atoms with Gasteiger partial charge in [-0.2, -0.15) is 0 Å². The zero-order valence-electron chi connectivity index (χ0n) is 23.4. The van der Waals surface area contributed by atoms with Crippen LogP contribution in [0.2, 0.25) is 0 Å².